The standard InChI is InChI=1S/C12H12ClNO/c13-8-3-4-10-9(5-8)12(7-1-2-7)11(6-14)15-10/h3-5,7H,1-2,6,14H2. The van der Waals surface area contributed by atoms with Gasteiger partial charge in [-0.1, -0.05) is 11.6 Å². The van der Waals surface area contributed by atoms with Crippen LogP contribution in [0.3, 0.4) is 0 Å². The van der Waals surface area contributed by atoms with Crippen LogP contribution in [0.4, 0.5) is 0 Å². The summed E-state index contributed by atoms with van der Waals surface area (Å²) in [6.45, 7) is 0.470. The summed E-state index contributed by atoms with van der Waals surface area (Å²) in [5, 5.41) is 1.90. The summed E-state index contributed by atoms with van der Waals surface area (Å²) in [6.07, 6.45) is 2.49. The van der Waals surface area contributed by atoms with Crippen molar-refractivity contribution in [2.24, 2.45) is 5.73 Å². The maximum atomic E-state index is 6.00. The molecule has 2 aromatic rings. The fraction of sp³-hybridized carbons (Fsp3) is 0.333. The summed E-state index contributed by atoms with van der Waals surface area (Å²) in [5.74, 6) is 1.57. The molecule has 0 spiro atoms. The highest BCUT2D eigenvalue weighted by atomic mass is 35.5. The van der Waals surface area contributed by atoms with Crippen LogP contribution in [0.1, 0.15) is 30.1 Å². The van der Waals surface area contributed by atoms with Crippen molar-refractivity contribution < 1.29 is 4.42 Å². The molecule has 3 heteroatoms. The Bertz CT molecular complexity index is 514. The van der Waals surface area contributed by atoms with E-state index in [1.54, 1.807) is 0 Å². The minimum atomic E-state index is 0.470. The van der Waals surface area contributed by atoms with Crippen molar-refractivity contribution in [1.82, 2.24) is 0 Å². The van der Waals surface area contributed by atoms with Crippen molar-refractivity contribution in [2.45, 2.75) is 25.3 Å². The Morgan fingerprint density at radius 2 is 2.20 bits per heavy atom. The van der Waals surface area contributed by atoms with Crippen molar-refractivity contribution in [1.29, 1.82) is 0 Å². The lowest BCUT2D eigenvalue weighted by Gasteiger charge is -1.97. The van der Waals surface area contributed by atoms with E-state index in [1.807, 2.05) is 18.2 Å². The van der Waals surface area contributed by atoms with Crippen molar-refractivity contribution in [3.63, 3.8) is 0 Å². The quantitative estimate of drug-likeness (QED) is 0.844. The number of halogens is 1. The molecule has 0 saturated heterocycles. The second-order valence-electron chi connectivity index (χ2n) is 4.06. The van der Waals surface area contributed by atoms with Crippen LogP contribution < -0.4 is 5.73 Å². The van der Waals surface area contributed by atoms with Gasteiger partial charge in [0.15, 0.2) is 0 Å². The van der Waals surface area contributed by atoms with Gasteiger partial charge in [0.05, 0.1) is 6.54 Å². The number of furan rings is 1. The van der Waals surface area contributed by atoms with Gasteiger partial charge in [0.1, 0.15) is 11.3 Å². The highest BCUT2D eigenvalue weighted by Gasteiger charge is 2.30. The van der Waals surface area contributed by atoms with E-state index in [-0.39, 0.29) is 0 Å². The molecule has 1 saturated carbocycles. The van der Waals surface area contributed by atoms with Gasteiger partial charge in [-0.3, -0.25) is 0 Å². The van der Waals surface area contributed by atoms with Gasteiger partial charge >= 0.3 is 0 Å². The zero-order valence-electron chi connectivity index (χ0n) is 8.29. The van der Waals surface area contributed by atoms with E-state index in [0.717, 1.165) is 21.8 Å². The average Bonchev–Trinajstić information content (AvgIpc) is 2.99. The Kier molecular flexibility index (Phi) is 2.01. The van der Waals surface area contributed by atoms with Crippen molar-refractivity contribution in [3.8, 4) is 0 Å². The van der Waals surface area contributed by atoms with Gasteiger partial charge in [-0.2, -0.15) is 0 Å². The predicted octanol–water partition coefficient (Wildman–Crippen LogP) is 3.42. The molecule has 1 aliphatic rings. The lowest BCUT2D eigenvalue weighted by Crippen LogP contribution is -1.97. The first-order valence-electron chi connectivity index (χ1n) is 5.20. The normalized spacial score (nSPS) is 16.1. The molecular weight excluding hydrogens is 210 g/mol. The molecule has 1 fully saturated rings. The second kappa shape index (κ2) is 3.26. The largest absolute Gasteiger partial charge is 0.459 e. The third-order valence-corrected chi connectivity index (χ3v) is 3.17. The summed E-state index contributed by atoms with van der Waals surface area (Å²) < 4.78 is 5.72. The van der Waals surface area contributed by atoms with Crippen LogP contribution in [0, 0.1) is 0 Å². The summed E-state index contributed by atoms with van der Waals surface area (Å²) in [6, 6.07) is 5.75. The molecule has 0 amide bonds. The molecular formula is C12H12ClNO. The number of nitrogens with two attached hydrogens (primary N) is 1. The van der Waals surface area contributed by atoms with Gasteiger partial charge in [0.25, 0.3) is 0 Å². The highest BCUT2D eigenvalue weighted by molar-refractivity contribution is 6.31. The van der Waals surface area contributed by atoms with E-state index < -0.39 is 0 Å². The molecule has 0 bridgehead atoms. The fourth-order valence-electron chi connectivity index (χ4n) is 2.11. The van der Waals surface area contributed by atoms with Crippen LogP contribution in [0.25, 0.3) is 11.0 Å². The van der Waals surface area contributed by atoms with E-state index in [2.05, 4.69) is 0 Å². The van der Waals surface area contributed by atoms with E-state index in [0.29, 0.717) is 12.5 Å². The topological polar surface area (TPSA) is 39.2 Å². The Hall–Kier alpha value is -0.990. The molecule has 1 heterocycles. The van der Waals surface area contributed by atoms with Gasteiger partial charge in [-0.05, 0) is 37.0 Å². The minimum Gasteiger partial charge on any atom is -0.459 e. The van der Waals surface area contributed by atoms with Crippen LogP contribution in [-0.4, -0.2) is 0 Å². The molecule has 78 valence electrons. The van der Waals surface area contributed by atoms with Crippen LogP contribution >= 0.6 is 11.6 Å². The monoisotopic (exact) mass is 221 g/mol. The Morgan fingerprint density at radius 1 is 1.40 bits per heavy atom. The molecule has 2 N–H and O–H groups in total. The van der Waals surface area contributed by atoms with E-state index in [1.165, 1.54) is 18.4 Å². The Morgan fingerprint density at radius 3 is 2.87 bits per heavy atom. The lowest BCUT2D eigenvalue weighted by atomic mass is 10.1. The Balaban J connectivity index is 2.30. The molecule has 1 aromatic heterocycles. The number of fused-ring (bicyclic) bond motifs is 1. The van der Waals surface area contributed by atoms with Gasteiger partial charge in [0, 0.05) is 16.0 Å². The van der Waals surface area contributed by atoms with Gasteiger partial charge in [-0.25, -0.2) is 0 Å². The summed E-state index contributed by atoms with van der Waals surface area (Å²) >= 11 is 6.00. The number of hydrogen-bond acceptors (Lipinski definition) is 2. The molecule has 2 nitrogen and oxygen atoms in total. The zero-order chi connectivity index (χ0) is 10.4. The van der Waals surface area contributed by atoms with Crippen LogP contribution in [-0.2, 0) is 6.54 Å². The molecule has 15 heavy (non-hydrogen) atoms. The maximum Gasteiger partial charge on any atom is 0.134 e. The van der Waals surface area contributed by atoms with E-state index >= 15 is 0 Å². The third kappa shape index (κ3) is 1.45. The lowest BCUT2D eigenvalue weighted by molar-refractivity contribution is 0.546. The van der Waals surface area contributed by atoms with Crippen molar-refractivity contribution >= 4 is 22.6 Å². The van der Waals surface area contributed by atoms with E-state index in [4.69, 9.17) is 21.8 Å². The fourth-order valence-corrected chi connectivity index (χ4v) is 2.28. The molecule has 0 radical (unpaired) electrons. The van der Waals surface area contributed by atoms with Gasteiger partial charge in [-0.15, -0.1) is 0 Å². The second-order valence-corrected chi connectivity index (χ2v) is 4.49. The molecule has 3 rings (SSSR count). The zero-order valence-corrected chi connectivity index (χ0v) is 9.05. The molecule has 0 unspecified atom stereocenters. The predicted molar refractivity (Wildman–Crippen MR) is 61.1 cm³/mol. The molecule has 0 atom stereocenters. The first-order valence-corrected chi connectivity index (χ1v) is 5.58. The summed E-state index contributed by atoms with van der Waals surface area (Å²) in [5.41, 5.74) is 7.88. The number of hydrogen-bond donors (Lipinski definition) is 1. The summed E-state index contributed by atoms with van der Waals surface area (Å²) in [7, 11) is 0. The molecule has 1 aromatic carbocycles. The average molecular weight is 222 g/mol. The van der Waals surface area contributed by atoms with Gasteiger partial charge < -0.3 is 10.2 Å². The highest BCUT2D eigenvalue weighted by Crippen LogP contribution is 2.46. The van der Waals surface area contributed by atoms with Crippen LogP contribution in [0.15, 0.2) is 22.6 Å². The van der Waals surface area contributed by atoms with Crippen LogP contribution in [0.2, 0.25) is 5.02 Å². The minimum absolute atomic E-state index is 0.470. The maximum absolute atomic E-state index is 6.00. The first kappa shape index (κ1) is 9.25. The summed E-state index contributed by atoms with van der Waals surface area (Å²) in [4.78, 5) is 0. The van der Waals surface area contributed by atoms with Gasteiger partial charge in [0.2, 0.25) is 0 Å². The SMILES string of the molecule is NCc1oc2ccc(Cl)cc2c1C1CC1. The number of rotatable bonds is 2. The third-order valence-electron chi connectivity index (χ3n) is 2.94. The first-order chi connectivity index (χ1) is 7.29. The molecule has 1 aliphatic carbocycles. The number of benzene rings is 1. The van der Waals surface area contributed by atoms with Crippen molar-refractivity contribution in [3.05, 3.63) is 34.5 Å². The molecule has 0 aliphatic heterocycles. The Labute approximate surface area is 93.0 Å². The smallest absolute Gasteiger partial charge is 0.134 e. The van der Waals surface area contributed by atoms with E-state index in [9.17, 15) is 0 Å². The van der Waals surface area contributed by atoms with Crippen LogP contribution in [0.5, 0.6) is 0 Å². The van der Waals surface area contributed by atoms with Crippen molar-refractivity contribution in [2.75, 3.05) is 0 Å².